The molecule has 0 spiro atoms. The van der Waals surface area contributed by atoms with E-state index in [-0.39, 0.29) is 30.5 Å². The van der Waals surface area contributed by atoms with Crippen molar-refractivity contribution < 1.29 is 19.5 Å². The SMILES string of the molecule is O=C1CCC(N2Cc3cc(O)ccc3C2=O)C(=O)N1.c1ccc2nc(C3CN(C4CCCC4)C3)cnc2c1. The van der Waals surface area contributed by atoms with Gasteiger partial charge in [-0.05, 0) is 55.2 Å². The first-order valence-corrected chi connectivity index (χ1v) is 13.4. The standard InChI is InChI=1S/C16H19N3.C13H12N2O4/c1-2-6-13(5-1)19-10-12(11-19)16-9-17-14-7-3-4-8-15(14)18-16;16-8-1-2-9-7(5-8)6-15(13(9)19)10-3-4-11(17)14-12(10)18/h3-4,7-9,12-13H,1-2,5-6,10-11H2;1-2,5,10,16H,3-4,6H2,(H,14,17,18). The fourth-order valence-electron chi connectivity index (χ4n) is 6.00. The van der Waals surface area contributed by atoms with E-state index in [0.29, 0.717) is 23.5 Å². The molecule has 1 aromatic heterocycles. The molecule has 0 bridgehead atoms. The van der Waals surface area contributed by atoms with E-state index < -0.39 is 11.9 Å². The van der Waals surface area contributed by atoms with Gasteiger partial charge in [-0.1, -0.05) is 25.0 Å². The first-order valence-electron chi connectivity index (χ1n) is 13.4. The average Bonchev–Trinajstić information content (AvgIpc) is 3.52. The van der Waals surface area contributed by atoms with Gasteiger partial charge >= 0.3 is 0 Å². The minimum Gasteiger partial charge on any atom is -0.508 e. The number of phenolic OH excluding ortho intramolecular Hbond substituents is 1. The third kappa shape index (κ3) is 4.74. The zero-order valence-corrected chi connectivity index (χ0v) is 21.2. The molecule has 1 aliphatic carbocycles. The van der Waals surface area contributed by atoms with Gasteiger partial charge in [0.2, 0.25) is 11.8 Å². The summed E-state index contributed by atoms with van der Waals surface area (Å²) in [6.07, 6.45) is 8.19. The summed E-state index contributed by atoms with van der Waals surface area (Å²) in [4.78, 5) is 48.5. The molecule has 1 unspecified atom stereocenters. The average molecular weight is 514 g/mol. The van der Waals surface area contributed by atoms with Crippen molar-refractivity contribution in [1.82, 2.24) is 25.1 Å². The molecular formula is C29H31N5O4. The Morgan fingerprint density at radius 1 is 0.947 bits per heavy atom. The molecule has 2 N–H and O–H groups in total. The monoisotopic (exact) mass is 513 g/mol. The number of rotatable bonds is 3. The van der Waals surface area contributed by atoms with Crippen LogP contribution in [0.5, 0.6) is 5.75 Å². The second-order valence-electron chi connectivity index (χ2n) is 10.6. The lowest BCUT2D eigenvalue weighted by Crippen LogP contribution is -2.52. The third-order valence-corrected chi connectivity index (χ3v) is 8.14. The first-order chi connectivity index (χ1) is 18.5. The Hall–Kier alpha value is -3.85. The number of aromatic nitrogens is 2. The molecule has 0 radical (unpaired) electrons. The molecule has 4 aliphatic rings. The van der Waals surface area contributed by atoms with Crippen LogP contribution in [0, 0.1) is 0 Å². The third-order valence-electron chi connectivity index (χ3n) is 8.14. The summed E-state index contributed by atoms with van der Waals surface area (Å²) in [6, 6.07) is 12.9. The molecule has 2 saturated heterocycles. The van der Waals surface area contributed by atoms with Crippen molar-refractivity contribution in [3.8, 4) is 5.75 Å². The highest BCUT2D eigenvalue weighted by Gasteiger charge is 2.39. The van der Waals surface area contributed by atoms with E-state index in [1.165, 1.54) is 61.5 Å². The Kier molecular flexibility index (Phi) is 6.53. The number of carbonyl (C=O) groups is 3. The summed E-state index contributed by atoms with van der Waals surface area (Å²) < 4.78 is 0. The fourth-order valence-corrected chi connectivity index (χ4v) is 6.00. The number of benzene rings is 2. The maximum atomic E-state index is 12.2. The van der Waals surface area contributed by atoms with Crippen molar-refractivity contribution in [2.24, 2.45) is 0 Å². The summed E-state index contributed by atoms with van der Waals surface area (Å²) >= 11 is 0. The molecule has 3 amide bonds. The smallest absolute Gasteiger partial charge is 0.255 e. The van der Waals surface area contributed by atoms with Gasteiger partial charge < -0.3 is 10.0 Å². The molecule has 3 aliphatic heterocycles. The second kappa shape index (κ2) is 10.1. The van der Waals surface area contributed by atoms with Gasteiger partial charge in [-0.15, -0.1) is 0 Å². The number of fused-ring (bicyclic) bond motifs is 2. The molecule has 4 heterocycles. The number of amides is 3. The molecule has 196 valence electrons. The van der Waals surface area contributed by atoms with Crippen LogP contribution in [0.25, 0.3) is 11.0 Å². The topological polar surface area (TPSA) is 116 Å². The number of piperidine rings is 1. The van der Waals surface area contributed by atoms with E-state index in [1.807, 2.05) is 24.4 Å². The minimum absolute atomic E-state index is 0.0941. The predicted molar refractivity (Wildman–Crippen MR) is 140 cm³/mol. The molecule has 1 saturated carbocycles. The van der Waals surface area contributed by atoms with Crippen LogP contribution in [0.15, 0.2) is 48.7 Å². The van der Waals surface area contributed by atoms with Gasteiger partial charge in [-0.2, -0.15) is 0 Å². The number of carbonyl (C=O) groups excluding carboxylic acids is 3. The first kappa shape index (κ1) is 24.5. The van der Waals surface area contributed by atoms with Gasteiger partial charge in [0.15, 0.2) is 0 Å². The molecule has 3 fully saturated rings. The summed E-state index contributed by atoms with van der Waals surface area (Å²) in [5.41, 5.74) is 4.41. The molecule has 38 heavy (non-hydrogen) atoms. The summed E-state index contributed by atoms with van der Waals surface area (Å²) in [5.74, 6) is -0.274. The molecule has 3 aromatic rings. The number of imide groups is 1. The number of nitrogens with one attached hydrogen (secondary N) is 1. The van der Waals surface area contributed by atoms with Gasteiger partial charge in [0.1, 0.15) is 11.8 Å². The molecule has 2 aromatic carbocycles. The van der Waals surface area contributed by atoms with Crippen LogP contribution in [0.4, 0.5) is 0 Å². The number of aromatic hydroxyl groups is 1. The van der Waals surface area contributed by atoms with Crippen LogP contribution >= 0.6 is 0 Å². The lowest BCUT2D eigenvalue weighted by atomic mass is 9.94. The normalized spacial score (nSPS) is 22.2. The predicted octanol–water partition coefficient (Wildman–Crippen LogP) is 3.12. The lowest BCUT2D eigenvalue weighted by molar-refractivity contribution is -0.136. The van der Waals surface area contributed by atoms with Crippen LogP contribution in [0.2, 0.25) is 0 Å². The largest absolute Gasteiger partial charge is 0.508 e. The van der Waals surface area contributed by atoms with Gasteiger partial charge in [-0.3, -0.25) is 29.6 Å². The van der Waals surface area contributed by atoms with Crippen LogP contribution in [-0.2, 0) is 16.1 Å². The highest BCUT2D eigenvalue weighted by molar-refractivity contribution is 6.05. The number of hydrogen-bond acceptors (Lipinski definition) is 7. The van der Waals surface area contributed by atoms with Gasteiger partial charge in [0.25, 0.3) is 5.91 Å². The number of hydrogen-bond donors (Lipinski definition) is 2. The van der Waals surface area contributed by atoms with Gasteiger partial charge in [-0.25, -0.2) is 4.98 Å². The molecule has 9 heteroatoms. The number of phenols is 1. The van der Waals surface area contributed by atoms with Gasteiger partial charge in [0, 0.05) is 49.8 Å². The highest BCUT2D eigenvalue weighted by Crippen LogP contribution is 2.34. The van der Waals surface area contributed by atoms with E-state index in [2.05, 4.69) is 21.3 Å². The summed E-state index contributed by atoms with van der Waals surface area (Å²) in [5, 5.41) is 11.7. The maximum Gasteiger partial charge on any atom is 0.255 e. The van der Waals surface area contributed by atoms with Crippen LogP contribution in [0.1, 0.15) is 66.1 Å². The maximum absolute atomic E-state index is 12.2. The lowest BCUT2D eigenvalue weighted by Gasteiger charge is -2.42. The Labute approximate surface area is 220 Å². The van der Waals surface area contributed by atoms with Crippen molar-refractivity contribution in [3.05, 3.63) is 65.5 Å². The fraction of sp³-hybridized carbons (Fsp3) is 0.414. The van der Waals surface area contributed by atoms with Crippen molar-refractivity contribution in [1.29, 1.82) is 0 Å². The molecule has 1 atom stereocenters. The zero-order chi connectivity index (χ0) is 26.2. The van der Waals surface area contributed by atoms with E-state index in [0.717, 1.165) is 17.1 Å². The highest BCUT2D eigenvalue weighted by atomic mass is 16.3. The van der Waals surface area contributed by atoms with E-state index in [1.54, 1.807) is 6.07 Å². The minimum atomic E-state index is -0.611. The van der Waals surface area contributed by atoms with Gasteiger partial charge in [0.05, 0.1) is 16.7 Å². The molecule has 7 rings (SSSR count). The Balaban J connectivity index is 0.000000139. The van der Waals surface area contributed by atoms with Crippen molar-refractivity contribution in [2.45, 2.75) is 63.1 Å². The van der Waals surface area contributed by atoms with E-state index >= 15 is 0 Å². The quantitative estimate of drug-likeness (QED) is 0.517. The van der Waals surface area contributed by atoms with E-state index in [9.17, 15) is 19.5 Å². The number of para-hydroxylation sites is 2. The Bertz CT molecular complexity index is 1400. The van der Waals surface area contributed by atoms with Crippen LogP contribution in [0.3, 0.4) is 0 Å². The Morgan fingerprint density at radius 2 is 1.71 bits per heavy atom. The van der Waals surface area contributed by atoms with Crippen LogP contribution in [-0.4, -0.2) is 67.8 Å². The number of likely N-dealkylation sites (tertiary alicyclic amines) is 1. The van der Waals surface area contributed by atoms with Crippen LogP contribution < -0.4 is 5.32 Å². The summed E-state index contributed by atoms with van der Waals surface area (Å²) in [6.45, 7) is 2.64. The summed E-state index contributed by atoms with van der Waals surface area (Å²) in [7, 11) is 0. The van der Waals surface area contributed by atoms with Crippen molar-refractivity contribution >= 4 is 28.8 Å². The molecule has 9 nitrogen and oxygen atoms in total. The van der Waals surface area contributed by atoms with Crippen molar-refractivity contribution in [3.63, 3.8) is 0 Å². The molecular weight excluding hydrogens is 482 g/mol. The second-order valence-corrected chi connectivity index (χ2v) is 10.6. The van der Waals surface area contributed by atoms with Crippen molar-refractivity contribution in [2.75, 3.05) is 13.1 Å². The zero-order valence-electron chi connectivity index (χ0n) is 21.2. The Morgan fingerprint density at radius 3 is 2.47 bits per heavy atom. The number of nitrogens with zero attached hydrogens (tertiary/aromatic N) is 4. The van der Waals surface area contributed by atoms with E-state index in [4.69, 9.17) is 4.98 Å².